The third-order valence-corrected chi connectivity index (χ3v) is 6.92. The molecule has 3 aliphatic rings. The maximum Gasteiger partial charge on any atom is 0.0594 e. The minimum atomic E-state index is -0.581. The highest BCUT2D eigenvalue weighted by molar-refractivity contribution is 5.24. The summed E-state index contributed by atoms with van der Waals surface area (Å²) < 4.78 is 0. The average Bonchev–Trinajstić information content (AvgIpc) is 3.00. The highest BCUT2D eigenvalue weighted by Gasteiger charge is 2.65. The second kappa shape index (κ2) is 6.30. The van der Waals surface area contributed by atoms with Crippen molar-refractivity contribution in [3.05, 3.63) is 35.4 Å². The molecule has 0 atom stereocenters. The minimum Gasteiger partial charge on any atom is -0.390 e. The Morgan fingerprint density at radius 1 is 0.846 bits per heavy atom. The molecule has 1 aromatic carbocycles. The van der Waals surface area contributed by atoms with E-state index < -0.39 is 5.60 Å². The van der Waals surface area contributed by atoms with Gasteiger partial charge >= 0.3 is 0 Å². The predicted octanol–water partition coefficient (Wildman–Crippen LogP) is 2.07. The second-order valence-electron chi connectivity index (χ2n) is 10.2. The molecule has 0 amide bonds. The van der Waals surface area contributed by atoms with E-state index in [2.05, 4.69) is 53.1 Å². The Morgan fingerprint density at radius 2 is 1.31 bits per heavy atom. The van der Waals surface area contributed by atoms with Crippen LogP contribution in [-0.4, -0.2) is 78.8 Å². The largest absolute Gasteiger partial charge is 0.390 e. The number of aryl methyl sites for hydroxylation is 1. The molecule has 0 radical (unpaired) electrons. The molecule has 3 fully saturated rings. The highest BCUT2D eigenvalue weighted by atomic mass is 16.3. The van der Waals surface area contributed by atoms with E-state index in [1.807, 2.05) is 13.8 Å². The summed E-state index contributed by atoms with van der Waals surface area (Å²) in [5.74, 6) is 0. The van der Waals surface area contributed by atoms with E-state index in [9.17, 15) is 5.11 Å². The summed E-state index contributed by atoms with van der Waals surface area (Å²) in [6.07, 6.45) is 1.75. The molecule has 4 rings (SSSR count). The van der Waals surface area contributed by atoms with E-state index >= 15 is 0 Å². The summed E-state index contributed by atoms with van der Waals surface area (Å²) >= 11 is 0. The number of hydrogen-bond donors (Lipinski definition) is 1. The summed E-state index contributed by atoms with van der Waals surface area (Å²) in [5.41, 5.74) is 3.12. The van der Waals surface area contributed by atoms with Crippen molar-refractivity contribution in [2.24, 2.45) is 10.8 Å². The van der Waals surface area contributed by atoms with E-state index in [-0.39, 0.29) is 0 Å². The van der Waals surface area contributed by atoms with Gasteiger partial charge in [0.1, 0.15) is 0 Å². The zero-order chi connectivity index (χ0) is 18.6. The van der Waals surface area contributed by atoms with Crippen molar-refractivity contribution < 1.29 is 5.11 Å². The molecular weight excluding hydrogens is 322 g/mol. The van der Waals surface area contributed by atoms with Gasteiger partial charge in [0.05, 0.1) is 5.60 Å². The van der Waals surface area contributed by atoms with Crippen molar-refractivity contribution in [3.8, 4) is 0 Å². The molecule has 3 aliphatic heterocycles. The molecule has 4 nitrogen and oxygen atoms in total. The van der Waals surface area contributed by atoms with Gasteiger partial charge < -0.3 is 14.9 Å². The van der Waals surface area contributed by atoms with Crippen LogP contribution in [0.25, 0.3) is 0 Å². The first kappa shape index (κ1) is 18.4. The Labute approximate surface area is 158 Å². The molecule has 0 aliphatic carbocycles. The van der Waals surface area contributed by atoms with Crippen LogP contribution in [-0.2, 0) is 13.0 Å². The van der Waals surface area contributed by atoms with Gasteiger partial charge in [-0.2, -0.15) is 0 Å². The Kier molecular flexibility index (Phi) is 4.47. The van der Waals surface area contributed by atoms with Gasteiger partial charge in [-0.15, -0.1) is 0 Å². The Bertz CT molecular complexity index is 610. The molecule has 0 unspecified atom stereocenters. The van der Waals surface area contributed by atoms with Gasteiger partial charge in [-0.3, -0.25) is 4.90 Å². The number of nitrogens with zero attached hydrogens (tertiary/aromatic N) is 3. The lowest BCUT2D eigenvalue weighted by Crippen LogP contribution is -2.38. The van der Waals surface area contributed by atoms with E-state index in [0.29, 0.717) is 10.8 Å². The fourth-order valence-electron chi connectivity index (χ4n) is 6.03. The fourth-order valence-corrected chi connectivity index (χ4v) is 6.03. The minimum absolute atomic E-state index is 0.475. The van der Waals surface area contributed by atoms with Crippen LogP contribution in [0.2, 0.25) is 0 Å². The first-order chi connectivity index (χ1) is 12.2. The van der Waals surface area contributed by atoms with Crippen LogP contribution < -0.4 is 0 Å². The van der Waals surface area contributed by atoms with Gasteiger partial charge in [-0.1, -0.05) is 24.3 Å². The van der Waals surface area contributed by atoms with Crippen molar-refractivity contribution in [2.45, 2.75) is 38.8 Å². The summed E-state index contributed by atoms with van der Waals surface area (Å²) in [6.45, 7) is 12.3. The standard InChI is InChI=1S/C22H35N3O/c1-20(2,26)10-9-18-5-7-19(8-6-18)11-25-16-21-12-23(3)13-22(21,17-25)15-24(4)14-21/h5-8,26H,9-17H2,1-4H3. The van der Waals surface area contributed by atoms with Crippen LogP contribution in [0.15, 0.2) is 24.3 Å². The third-order valence-electron chi connectivity index (χ3n) is 6.92. The number of likely N-dealkylation sites (tertiary alicyclic amines) is 3. The molecule has 0 spiro atoms. The normalized spacial score (nSPS) is 33.0. The van der Waals surface area contributed by atoms with E-state index in [1.54, 1.807) is 0 Å². The van der Waals surface area contributed by atoms with Gasteiger partial charge in [-0.05, 0) is 51.9 Å². The molecule has 3 heterocycles. The van der Waals surface area contributed by atoms with Gasteiger partial charge in [0, 0.05) is 56.6 Å². The lowest BCUT2D eigenvalue weighted by atomic mass is 9.71. The summed E-state index contributed by atoms with van der Waals surface area (Å²) in [4.78, 5) is 7.81. The lowest BCUT2D eigenvalue weighted by molar-refractivity contribution is 0.0714. The molecule has 144 valence electrons. The Morgan fingerprint density at radius 3 is 1.77 bits per heavy atom. The molecule has 0 bridgehead atoms. The topological polar surface area (TPSA) is 30.0 Å². The van der Waals surface area contributed by atoms with Crippen LogP contribution in [0, 0.1) is 10.8 Å². The SMILES string of the molecule is CN1CC23CN(C)CC2(C1)CN(Cc1ccc(CCC(C)(C)O)cc1)C3. The smallest absolute Gasteiger partial charge is 0.0594 e. The monoisotopic (exact) mass is 357 g/mol. The van der Waals surface area contributed by atoms with E-state index in [1.165, 1.54) is 50.4 Å². The first-order valence-electron chi connectivity index (χ1n) is 10.1. The Hall–Kier alpha value is -0.940. The zero-order valence-electron chi connectivity index (χ0n) is 17.0. The average molecular weight is 358 g/mol. The first-order valence-corrected chi connectivity index (χ1v) is 10.1. The summed E-state index contributed by atoms with van der Waals surface area (Å²) in [5, 5.41) is 9.90. The summed E-state index contributed by atoms with van der Waals surface area (Å²) in [6, 6.07) is 9.07. The molecule has 26 heavy (non-hydrogen) atoms. The maximum absolute atomic E-state index is 9.90. The molecule has 1 N–H and O–H groups in total. The quantitative estimate of drug-likeness (QED) is 0.874. The predicted molar refractivity (Wildman–Crippen MR) is 106 cm³/mol. The van der Waals surface area contributed by atoms with E-state index in [0.717, 1.165) is 19.4 Å². The molecule has 0 aromatic heterocycles. The third kappa shape index (κ3) is 3.33. The molecule has 0 saturated carbocycles. The maximum atomic E-state index is 9.90. The van der Waals surface area contributed by atoms with Gasteiger partial charge in [-0.25, -0.2) is 0 Å². The zero-order valence-corrected chi connectivity index (χ0v) is 17.0. The number of benzene rings is 1. The van der Waals surface area contributed by atoms with Crippen molar-refractivity contribution in [1.82, 2.24) is 14.7 Å². The lowest BCUT2D eigenvalue weighted by Gasteiger charge is -2.29. The Balaban J connectivity index is 1.39. The molecule has 4 heteroatoms. The van der Waals surface area contributed by atoms with Crippen LogP contribution in [0.5, 0.6) is 0 Å². The number of hydrogen-bond acceptors (Lipinski definition) is 4. The second-order valence-corrected chi connectivity index (χ2v) is 10.2. The van der Waals surface area contributed by atoms with E-state index in [4.69, 9.17) is 0 Å². The van der Waals surface area contributed by atoms with Crippen molar-refractivity contribution in [1.29, 1.82) is 0 Å². The van der Waals surface area contributed by atoms with Crippen LogP contribution in [0.1, 0.15) is 31.4 Å². The molecular formula is C22H35N3O. The van der Waals surface area contributed by atoms with Gasteiger partial charge in [0.25, 0.3) is 0 Å². The molecule has 3 saturated heterocycles. The van der Waals surface area contributed by atoms with Crippen molar-refractivity contribution in [2.75, 3.05) is 53.4 Å². The van der Waals surface area contributed by atoms with Gasteiger partial charge in [0.15, 0.2) is 0 Å². The van der Waals surface area contributed by atoms with Crippen LogP contribution in [0.3, 0.4) is 0 Å². The molecule has 1 aromatic rings. The van der Waals surface area contributed by atoms with Crippen LogP contribution >= 0.6 is 0 Å². The number of aliphatic hydroxyl groups is 1. The van der Waals surface area contributed by atoms with Crippen molar-refractivity contribution in [3.63, 3.8) is 0 Å². The van der Waals surface area contributed by atoms with Gasteiger partial charge in [0.2, 0.25) is 0 Å². The summed E-state index contributed by atoms with van der Waals surface area (Å²) in [7, 11) is 4.59. The van der Waals surface area contributed by atoms with Crippen LogP contribution in [0.4, 0.5) is 0 Å². The van der Waals surface area contributed by atoms with Crippen molar-refractivity contribution >= 4 is 0 Å². The number of rotatable bonds is 5. The fraction of sp³-hybridized carbons (Fsp3) is 0.727. The highest BCUT2D eigenvalue weighted by Crippen LogP contribution is 2.56.